The third kappa shape index (κ3) is 3.76. The topological polar surface area (TPSA) is 92.5 Å². The van der Waals surface area contributed by atoms with E-state index in [1.165, 1.54) is 6.92 Å². The summed E-state index contributed by atoms with van der Waals surface area (Å²) in [5.74, 6) is -5.27. The molecule has 0 radical (unpaired) electrons. The molecule has 0 saturated heterocycles. The number of nitro benzene ring substituents is 1. The largest absolute Gasteiger partial charge is 0.394 e. The zero-order valence-corrected chi connectivity index (χ0v) is 14.2. The zero-order valence-electron chi connectivity index (χ0n) is 13.4. The predicted octanol–water partition coefficient (Wildman–Crippen LogP) is 2.63. The van der Waals surface area contributed by atoms with E-state index in [4.69, 9.17) is 0 Å². The fourth-order valence-electron chi connectivity index (χ4n) is 2.05. The Morgan fingerprint density at radius 1 is 1.46 bits per heavy atom. The van der Waals surface area contributed by atoms with Crippen molar-refractivity contribution >= 4 is 16.7 Å². The van der Waals surface area contributed by atoms with Crippen LogP contribution in [0.4, 0.5) is 18.9 Å². The molecule has 0 aliphatic carbocycles. The third-order valence-electron chi connectivity index (χ3n) is 3.84. The summed E-state index contributed by atoms with van der Waals surface area (Å²) in [6, 6.07) is 2.75. The maximum absolute atomic E-state index is 14.4. The Morgan fingerprint density at radius 3 is 2.46 bits per heavy atom. The van der Waals surface area contributed by atoms with E-state index in [-0.39, 0.29) is 0 Å². The lowest BCUT2D eigenvalue weighted by atomic mass is 9.85. The highest BCUT2D eigenvalue weighted by Crippen LogP contribution is 2.40. The van der Waals surface area contributed by atoms with Gasteiger partial charge in [-0.1, -0.05) is 19.1 Å². The van der Waals surface area contributed by atoms with Gasteiger partial charge in [-0.05, 0) is 13.3 Å². The maximum atomic E-state index is 14.4. The number of nitrogens with zero attached hydrogens (tertiary/aromatic N) is 1. The highest BCUT2D eigenvalue weighted by Gasteiger charge is 2.54. The van der Waals surface area contributed by atoms with E-state index in [9.17, 15) is 32.6 Å². The number of alkyl halides is 2. The minimum absolute atomic E-state index is 0.383. The highest BCUT2D eigenvalue weighted by molar-refractivity contribution is 7.83. The van der Waals surface area contributed by atoms with Gasteiger partial charge in [0.25, 0.3) is 5.92 Å². The molecule has 10 heteroatoms. The first-order valence-corrected chi connectivity index (χ1v) is 8.33. The lowest BCUT2D eigenvalue weighted by Crippen LogP contribution is -2.59. The van der Waals surface area contributed by atoms with Crippen LogP contribution in [0.15, 0.2) is 18.2 Å². The number of nitrogens with one attached hydrogen (secondary N) is 1. The molecular formula is C14H19F3N2O4S. The number of hydrogen-bond donors (Lipinski definition) is 2. The number of aliphatic hydroxyl groups excluding tert-OH is 1. The second-order valence-electron chi connectivity index (χ2n) is 5.47. The average molecular weight is 368 g/mol. The van der Waals surface area contributed by atoms with Crippen LogP contribution < -0.4 is 4.72 Å². The smallest absolute Gasteiger partial charge is 0.305 e. The number of halogens is 3. The lowest BCUT2D eigenvalue weighted by Gasteiger charge is -2.38. The predicted molar refractivity (Wildman–Crippen MR) is 83.5 cm³/mol. The van der Waals surface area contributed by atoms with Crippen molar-refractivity contribution in [2.45, 2.75) is 43.9 Å². The Morgan fingerprint density at radius 2 is 2.04 bits per heavy atom. The van der Waals surface area contributed by atoms with Gasteiger partial charge in [-0.2, -0.15) is 4.39 Å². The van der Waals surface area contributed by atoms with Gasteiger partial charge in [0, 0.05) is 23.8 Å². The van der Waals surface area contributed by atoms with Crippen molar-refractivity contribution < 1.29 is 27.4 Å². The molecule has 0 fully saturated rings. The van der Waals surface area contributed by atoms with E-state index in [1.54, 1.807) is 6.92 Å². The number of aliphatic hydroxyl groups is 1. The summed E-state index contributed by atoms with van der Waals surface area (Å²) in [7, 11) is -2.03. The highest BCUT2D eigenvalue weighted by atomic mass is 32.2. The normalized spacial score (nSPS) is 17.1. The summed E-state index contributed by atoms with van der Waals surface area (Å²) >= 11 is 0. The molecule has 2 N–H and O–H groups in total. The van der Waals surface area contributed by atoms with Gasteiger partial charge in [-0.15, -0.1) is 0 Å². The molecule has 0 aliphatic heterocycles. The van der Waals surface area contributed by atoms with Crippen LogP contribution in [-0.4, -0.2) is 32.0 Å². The summed E-state index contributed by atoms with van der Waals surface area (Å²) in [6.45, 7) is 2.32. The van der Waals surface area contributed by atoms with Gasteiger partial charge in [-0.25, -0.2) is 17.7 Å². The van der Waals surface area contributed by atoms with Gasteiger partial charge in [0.05, 0.1) is 22.5 Å². The van der Waals surface area contributed by atoms with Crippen LogP contribution in [0.25, 0.3) is 0 Å². The molecule has 1 unspecified atom stereocenters. The number of rotatable bonds is 8. The molecule has 1 aromatic rings. The quantitative estimate of drug-likeness (QED) is 0.545. The molecular weight excluding hydrogens is 349 g/mol. The Labute approximate surface area is 139 Å². The Balaban J connectivity index is 3.59. The molecule has 0 bridgehead atoms. The summed E-state index contributed by atoms with van der Waals surface area (Å²) in [4.78, 5) is 9.80. The van der Waals surface area contributed by atoms with Gasteiger partial charge in [0.2, 0.25) is 5.82 Å². The molecule has 1 aromatic carbocycles. The van der Waals surface area contributed by atoms with E-state index < -0.39 is 56.3 Å². The Bertz CT molecular complexity index is 639. The second-order valence-corrected chi connectivity index (χ2v) is 7.07. The SMILES string of the molecule is CC[C@@H](C)S(=O)N[C@@](CO)(c1cccc([N+](=O)[O-])c1F)C(C)(F)F. The number of benzene rings is 1. The van der Waals surface area contributed by atoms with Crippen LogP contribution in [0.5, 0.6) is 0 Å². The number of hydrogen-bond acceptors (Lipinski definition) is 4. The molecule has 3 atom stereocenters. The molecule has 0 amide bonds. The van der Waals surface area contributed by atoms with Crippen molar-refractivity contribution in [3.63, 3.8) is 0 Å². The summed E-state index contributed by atoms with van der Waals surface area (Å²) in [5, 5.41) is 19.9. The van der Waals surface area contributed by atoms with Crippen LogP contribution in [0.2, 0.25) is 0 Å². The minimum atomic E-state index is -3.76. The molecule has 1 rings (SSSR count). The maximum Gasteiger partial charge on any atom is 0.305 e. The van der Waals surface area contributed by atoms with E-state index in [0.29, 0.717) is 13.3 Å². The summed E-state index contributed by atoms with van der Waals surface area (Å²) in [6.07, 6.45) is 0.383. The first-order valence-electron chi connectivity index (χ1n) is 7.12. The van der Waals surface area contributed by atoms with Gasteiger partial charge in [-0.3, -0.25) is 10.1 Å². The van der Waals surface area contributed by atoms with Crippen molar-refractivity contribution in [3.05, 3.63) is 39.7 Å². The van der Waals surface area contributed by atoms with Gasteiger partial charge >= 0.3 is 5.69 Å². The van der Waals surface area contributed by atoms with Crippen LogP contribution in [0, 0.1) is 15.9 Å². The van der Waals surface area contributed by atoms with Crippen molar-refractivity contribution in [2.75, 3.05) is 6.61 Å². The molecule has 0 saturated carbocycles. The van der Waals surface area contributed by atoms with Crippen LogP contribution in [-0.2, 0) is 16.5 Å². The van der Waals surface area contributed by atoms with Crippen molar-refractivity contribution in [1.82, 2.24) is 4.72 Å². The number of nitro groups is 1. The van der Waals surface area contributed by atoms with E-state index in [1.807, 2.05) is 0 Å². The molecule has 136 valence electrons. The van der Waals surface area contributed by atoms with Crippen molar-refractivity contribution in [2.24, 2.45) is 0 Å². The summed E-state index contributed by atoms with van der Waals surface area (Å²) < 4.78 is 57.3. The van der Waals surface area contributed by atoms with E-state index in [2.05, 4.69) is 4.72 Å². The van der Waals surface area contributed by atoms with Gasteiger partial charge < -0.3 is 5.11 Å². The minimum Gasteiger partial charge on any atom is -0.394 e. The molecule has 0 spiro atoms. The monoisotopic (exact) mass is 368 g/mol. The fraction of sp³-hybridized carbons (Fsp3) is 0.571. The molecule has 0 aromatic heterocycles. The second kappa shape index (κ2) is 7.58. The first-order chi connectivity index (χ1) is 11.0. The standard InChI is InChI=1S/C14H19F3N2O4S/c1-4-9(2)24(23)18-14(8-20,13(3,16)17)10-6-5-7-11(12(10)15)19(21)22/h5-7,9,18,20H,4,8H2,1-3H3/t9-,14+,24?/m1/s1. The molecule has 24 heavy (non-hydrogen) atoms. The summed E-state index contributed by atoms with van der Waals surface area (Å²) in [5.41, 5.74) is -4.59. The molecule has 6 nitrogen and oxygen atoms in total. The van der Waals surface area contributed by atoms with Crippen molar-refractivity contribution in [1.29, 1.82) is 0 Å². The van der Waals surface area contributed by atoms with E-state index >= 15 is 0 Å². The van der Waals surface area contributed by atoms with Crippen LogP contribution in [0.3, 0.4) is 0 Å². The van der Waals surface area contributed by atoms with Crippen molar-refractivity contribution in [3.8, 4) is 0 Å². The van der Waals surface area contributed by atoms with Crippen LogP contribution in [0.1, 0.15) is 32.8 Å². The fourth-order valence-corrected chi connectivity index (χ4v) is 3.25. The third-order valence-corrected chi connectivity index (χ3v) is 5.45. The Hall–Kier alpha value is -1.52. The van der Waals surface area contributed by atoms with E-state index in [0.717, 1.165) is 18.2 Å². The van der Waals surface area contributed by atoms with Crippen LogP contribution >= 0.6 is 0 Å². The average Bonchev–Trinajstić information content (AvgIpc) is 2.50. The first kappa shape index (κ1) is 20.5. The molecule has 0 heterocycles. The molecule has 0 aliphatic rings. The zero-order chi connectivity index (χ0) is 18.7. The van der Waals surface area contributed by atoms with Gasteiger partial charge in [0.15, 0.2) is 0 Å². The Kier molecular flexibility index (Phi) is 6.48. The van der Waals surface area contributed by atoms with Gasteiger partial charge in [0.1, 0.15) is 5.54 Å². The lowest BCUT2D eigenvalue weighted by molar-refractivity contribution is -0.387.